The van der Waals surface area contributed by atoms with E-state index >= 15 is 0 Å². The second-order valence-corrected chi connectivity index (χ2v) is 9.53. The number of nitrogens with zero attached hydrogens (tertiary/aromatic N) is 5. The maximum Gasteiger partial charge on any atom is 0.405 e. The van der Waals surface area contributed by atoms with Crippen molar-refractivity contribution in [2.24, 2.45) is 0 Å². The molecule has 9 heteroatoms. The molecule has 0 unspecified atom stereocenters. The number of benzene rings is 2. The van der Waals surface area contributed by atoms with Gasteiger partial charge in [0.15, 0.2) is 11.6 Å². The SMILES string of the molecule is O=C(O)NC1(c2ccc(-c3c(-c4ncccn4)nc4n3-c3cccnc3Nc3ccccc3-4)cc2)CCC1. The van der Waals surface area contributed by atoms with Gasteiger partial charge < -0.3 is 15.7 Å². The first-order valence-corrected chi connectivity index (χ1v) is 12.5. The fourth-order valence-electron chi connectivity index (χ4n) is 5.44. The number of fused-ring (bicyclic) bond motifs is 5. The average Bonchev–Trinajstić information content (AvgIpc) is 3.26. The smallest absolute Gasteiger partial charge is 0.405 e. The highest BCUT2D eigenvalue weighted by Gasteiger charge is 2.40. The van der Waals surface area contributed by atoms with Crippen molar-refractivity contribution in [3.63, 3.8) is 0 Å². The van der Waals surface area contributed by atoms with Gasteiger partial charge in [-0.3, -0.25) is 4.57 Å². The molecular formula is C29H23N7O2. The number of pyridine rings is 1. The van der Waals surface area contributed by atoms with Crippen molar-refractivity contribution in [2.45, 2.75) is 24.8 Å². The monoisotopic (exact) mass is 501 g/mol. The molecule has 2 aliphatic rings. The molecule has 1 aliphatic heterocycles. The Morgan fingerprint density at radius 3 is 2.42 bits per heavy atom. The summed E-state index contributed by atoms with van der Waals surface area (Å²) in [5.74, 6) is 1.99. The summed E-state index contributed by atoms with van der Waals surface area (Å²) in [4.78, 5) is 30.3. The summed E-state index contributed by atoms with van der Waals surface area (Å²) in [5.41, 5.74) is 5.52. The van der Waals surface area contributed by atoms with Gasteiger partial charge in [0.25, 0.3) is 0 Å². The minimum atomic E-state index is -1.01. The van der Waals surface area contributed by atoms with Crippen molar-refractivity contribution in [2.75, 3.05) is 5.32 Å². The lowest BCUT2D eigenvalue weighted by Gasteiger charge is -2.42. The van der Waals surface area contributed by atoms with Crippen molar-refractivity contribution < 1.29 is 9.90 Å². The first-order chi connectivity index (χ1) is 18.6. The van der Waals surface area contributed by atoms with Crippen LogP contribution < -0.4 is 10.6 Å². The topological polar surface area (TPSA) is 118 Å². The highest BCUT2D eigenvalue weighted by molar-refractivity contribution is 5.89. The number of hydrogen-bond donors (Lipinski definition) is 3. The van der Waals surface area contributed by atoms with Crippen LogP contribution in [0.5, 0.6) is 0 Å². The third kappa shape index (κ3) is 3.43. The van der Waals surface area contributed by atoms with Gasteiger partial charge in [0.1, 0.15) is 11.5 Å². The Kier molecular flexibility index (Phi) is 4.97. The number of carboxylic acid groups (broad SMARTS) is 1. The van der Waals surface area contributed by atoms with E-state index in [9.17, 15) is 9.90 Å². The van der Waals surface area contributed by atoms with Crippen LogP contribution in [-0.2, 0) is 5.54 Å². The Balaban J connectivity index is 1.48. The molecule has 1 amide bonds. The van der Waals surface area contributed by atoms with Crippen LogP contribution in [0.3, 0.4) is 0 Å². The summed E-state index contributed by atoms with van der Waals surface area (Å²) < 4.78 is 2.11. The predicted molar refractivity (Wildman–Crippen MR) is 143 cm³/mol. The number of hydrogen-bond acceptors (Lipinski definition) is 6. The number of imidazole rings is 1. The summed E-state index contributed by atoms with van der Waals surface area (Å²) in [7, 11) is 0. The Morgan fingerprint density at radius 2 is 1.68 bits per heavy atom. The predicted octanol–water partition coefficient (Wildman–Crippen LogP) is 5.76. The molecule has 0 bridgehead atoms. The van der Waals surface area contributed by atoms with Crippen molar-refractivity contribution >= 4 is 17.6 Å². The van der Waals surface area contributed by atoms with E-state index in [2.05, 4.69) is 30.2 Å². The van der Waals surface area contributed by atoms with Gasteiger partial charge in [-0.2, -0.15) is 0 Å². The van der Waals surface area contributed by atoms with Crippen LogP contribution in [-0.4, -0.2) is 35.7 Å². The lowest BCUT2D eigenvalue weighted by atomic mass is 9.72. The van der Waals surface area contributed by atoms with Gasteiger partial charge in [0.05, 0.1) is 22.6 Å². The first-order valence-electron chi connectivity index (χ1n) is 12.5. The summed E-state index contributed by atoms with van der Waals surface area (Å²) in [6, 6.07) is 21.8. The van der Waals surface area contributed by atoms with Gasteiger partial charge >= 0.3 is 6.09 Å². The molecule has 3 aromatic heterocycles. The molecule has 1 aliphatic carbocycles. The molecule has 3 N–H and O–H groups in total. The number of para-hydroxylation sites is 1. The van der Waals surface area contributed by atoms with Gasteiger partial charge in [0.2, 0.25) is 0 Å². The van der Waals surface area contributed by atoms with E-state index < -0.39 is 11.6 Å². The fourth-order valence-corrected chi connectivity index (χ4v) is 5.44. The molecule has 1 saturated carbocycles. The van der Waals surface area contributed by atoms with Crippen LogP contribution in [0, 0.1) is 0 Å². The van der Waals surface area contributed by atoms with Crippen LogP contribution in [0.25, 0.3) is 39.9 Å². The van der Waals surface area contributed by atoms with Crippen molar-refractivity contribution in [1.29, 1.82) is 0 Å². The van der Waals surface area contributed by atoms with Crippen molar-refractivity contribution in [1.82, 2.24) is 29.8 Å². The molecular weight excluding hydrogens is 478 g/mol. The minimum Gasteiger partial charge on any atom is -0.465 e. The maximum atomic E-state index is 11.5. The van der Waals surface area contributed by atoms with Gasteiger partial charge in [-0.15, -0.1) is 0 Å². The lowest BCUT2D eigenvalue weighted by molar-refractivity contribution is 0.144. The van der Waals surface area contributed by atoms with Crippen LogP contribution in [0.4, 0.5) is 16.3 Å². The quantitative estimate of drug-likeness (QED) is 0.281. The highest BCUT2D eigenvalue weighted by atomic mass is 16.4. The second-order valence-electron chi connectivity index (χ2n) is 9.53. The zero-order valence-electron chi connectivity index (χ0n) is 20.3. The molecule has 4 heterocycles. The summed E-state index contributed by atoms with van der Waals surface area (Å²) >= 11 is 0. The van der Waals surface area contributed by atoms with Crippen molar-refractivity contribution in [3.05, 3.63) is 90.9 Å². The lowest BCUT2D eigenvalue weighted by Crippen LogP contribution is -2.50. The van der Waals surface area contributed by atoms with Crippen LogP contribution in [0.2, 0.25) is 0 Å². The maximum absolute atomic E-state index is 11.5. The fraction of sp³-hybridized carbons (Fsp3) is 0.138. The largest absolute Gasteiger partial charge is 0.465 e. The van der Waals surface area contributed by atoms with Gasteiger partial charge in [0, 0.05) is 29.7 Å². The molecule has 38 heavy (non-hydrogen) atoms. The zero-order chi connectivity index (χ0) is 25.7. The molecule has 0 atom stereocenters. The normalized spacial score (nSPS) is 14.6. The summed E-state index contributed by atoms with van der Waals surface area (Å²) in [5, 5.41) is 15.6. The van der Waals surface area contributed by atoms with Gasteiger partial charge in [-0.05, 0) is 55.2 Å². The molecule has 2 aromatic carbocycles. The third-order valence-corrected chi connectivity index (χ3v) is 7.37. The van der Waals surface area contributed by atoms with E-state index in [4.69, 9.17) is 4.98 Å². The van der Waals surface area contributed by atoms with E-state index in [0.717, 1.165) is 58.8 Å². The zero-order valence-corrected chi connectivity index (χ0v) is 20.3. The molecule has 5 aromatic rings. The van der Waals surface area contributed by atoms with E-state index in [0.29, 0.717) is 17.3 Å². The molecule has 1 fully saturated rings. The van der Waals surface area contributed by atoms with E-state index in [-0.39, 0.29) is 0 Å². The number of nitrogens with one attached hydrogen (secondary N) is 2. The summed E-state index contributed by atoms with van der Waals surface area (Å²) in [6.07, 6.45) is 6.74. The molecule has 0 spiro atoms. The Morgan fingerprint density at radius 1 is 0.921 bits per heavy atom. The summed E-state index contributed by atoms with van der Waals surface area (Å²) in [6.45, 7) is 0. The van der Waals surface area contributed by atoms with Gasteiger partial charge in [-0.25, -0.2) is 24.7 Å². The number of anilines is 2. The molecule has 186 valence electrons. The van der Waals surface area contributed by atoms with E-state index in [1.807, 2.05) is 60.7 Å². The third-order valence-electron chi connectivity index (χ3n) is 7.37. The molecule has 0 radical (unpaired) electrons. The molecule has 9 nitrogen and oxygen atoms in total. The Hall–Kier alpha value is -5.05. The molecule has 7 rings (SSSR count). The molecule has 0 saturated heterocycles. The first kappa shape index (κ1) is 22.2. The number of rotatable bonds is 4. The Bertz CT molecular complexity index is 1680. The minimum absolute atomic E-state index is 0.519. The number of carbonyl (C=O) groups is 1. The van der Waals surface area contributed by atoms with Crippen LogP contribution >= 0.6 is 0 Å². The van der Waals surface area contributed by atoms with Crippen molar-refractivity contribution in [3.8, 4) is 39.9 Å². The van der Waals surface area contributed by atoms with E-state index in [1.54, 1.807) is 24.7 Å². The average molecular weight is 502 g/mol. The van der Waals surface area contributed by atoms with Crippen LogP contribution in [0.1, 0.15) is 24.8 Å². The van der Waals surface area contributed by atoms with Crippen LogP contribution in [0.15, 0.2) is 85.3 Å². The van der Waals surface area contributed by atoms with E-state index in [1.165, 1.54) is 0 Å². The van der Waals surface area contributed by atoms with Gasteiger partial charge in [-0.1, -0.05) is 36.4 Å². The Labute approximate surface area is 218 Å². The number of amides is 1. The standard InChI is InChI=1S/C29H23N7O2/c37-28(38)35-29(13-4-14-29)19-11-9-18(10-12-19)24-23(26-31-16-5-17-32-26)34-27-20-6-1-2-7-21(20)33-25-22(36(24)27)8-3-15-30-25/h1-3,5-12,15-17,35H,4,13-14H2,(H,30,33)(H,37,38). The highest BCUT2D eigenvalue weighted by Crippen LogP contribution is 2.45. The number of aromatic nitrogens is 5. The second kappa shape index (κ2) is 8.52.